The molecule has 2 heterocycles. The van der Waals surface area contributed by atoms with Crippen LogP contribution in [0.4, 0.5) is 11.4 Å². The van der Waals surface area contributed by atoms with Crippen LogP contribution in [0.5, 0.6) is 0 Å². The number of non-ortho nitro benzene ring substituents is 1. The second-order valence-electron chi connectivity index (χ2n) is 8.14. The zero-order chi connectivity index (χ0) is 25.3. The van der Waals surface area contributed by atoms with E-state index >= 15 is 0 Å². The molecule has 4 rings (SSSR count). The third kappa shape index (κ3) is 4.65. The highest BCUT2D eigenvalue weighted by molar-refractivity contribution is 7.07. The Morgan fingerprint density at radius 3 is 2.60 bits per heavy atom. The van der Waals surface area contributed by atoms with Crippen LogP contribution >= 0.6 is 11.3 Å². The molecule has 180 valence electrons. The fourth-order valence-corrected chi connectivity index (χ4v) is 4.99. The maximum absolute atomic E-state index is 13.6. The summed E-state index contributed by atoms with van der Waals surface area (Å²) in [6.45, 7) is 3.65. The molecule has 0 N–H and O–H groups in total. The third-order valence-electron chi connectivity index (χ3n) is 5.62. The molecule has 1 aliphatic heterocycles. The summed E-state index contributed by atoms with van der Waals surface area (Å²) in [6, 6.07) is 13.0. The Morgan fingerprint density at radius 1 is 1.26 bits per heavy atom. The van der Waals surface area contributed by atoms with Crippen LogP contribution in [0.3, 0.4) is 0 Å². The molecular formula is C25H24N4O5S. The molecule has 1 atom stereocenters. The van der Waals surface area contributed by atoms with E-state index in [0.29, 0.717) is 26.2 Å². The first-order valence-electron chi connectivity index (χ1n) is 10.9. The molecule has 9 nitrogen and oxygen atoms in total. The Kier molecular flexibility index (Phi) is 6.65. The molecule has 0 amide bonds. The van der Waals surface area contributed by atoms with Crippen LogP contribution in [0.25, 0.3) is 6.08 Å². The van der Waals surface area contributed by atoms with Crippen LogP contribution in [-0.4, -0.2) is 36.2 Å². The van der Waals surface area contributed by atoms with Gasteiger partial charge in [0.05, 0.1) is 33.4 Å². The fraction of sp³-hybridized carbons (Fsp3) is 0.240. The van der Waals surface area contributed by atoms with E-state index in [4.69, 9.17) is 4.74 Å². The third-order valence-corrected chi connectivity index (χ3v) is 6.60. The summed E-state index contributed by atoms with van der Waals surface area (Å²) in [5.74, 6) is -0.525. The van der Waals surface area contributed by atoms with Crippen LogP contribution in [0.1, 0.15) is 31.0 Å². The highest BCUT2D eigenvalue weighted by atomic mass is 32.1. The number of esters is 1. The highest BCUT2D eigenvalue weighted by Crippen LogP contribution is 2.31. The van der Waals surface area contributed by atoms with Crippen molar-refractivity contribution >= 4 is 34.8 Å². The van der Waals surface area contributed by atoms with Crippen LogP contribution in [0.2, 0.25) is 0 Å². The van der Waals surface area contributed by atoms with E-state index in [2.05, 4.69) is 4.99 Å². The van der Waals surface area contributed by atoms with Gasteiger partial charge in [-0.05, 0) is 43.2 Å². The van der Waals surface area contributed by atoms with E-state index in [1.54, 1.807) is 32.1 Å². The molecule has 10 heteroatoms. The highest BCUT2D eigenvalue weighted by Gasteiger charge is 2.33. The van der Waals surface area contributed by atoms with Crippen LogP contribution in [-0.2, 0) is 9.53 Å². The molecule has 1 aliphatic rings. The van der Waals surface area contributed by atoms with Gasteiger partial charge < -0.3 is 9.64 Å². The number of rotatable bonds is 6. The van der Waals surface area contributed by atoms with Gasteiger partial charge in [0.25, 0.3) is 11.2 Å². The topological polar surface area (TPSA) is 107 Å². The SMILES string of the molecule is CCOC(=O)C1=C(C)N=c2sc(=Cc3cccc([N+](=O)[O-])c3)c(=O)n2[C@H]1c1ccc(N(C)C)cc1. The Balaban J connectivity index is 1.92. The molecular weight excluding hydrogens is 468 g/mol. The average Bonchev–Trinajstić information content (AvgIpc) is 3.12. The van der Waals surface area contributed by atoms with Crippen molar-refractivity contribution in [2.45, 2.75) is 19.9 Å². The maximum Gasteiger partial charge on any atom is 0.338 e. The smallest absolute Gasteiger partial charge is 0.338 e. The number of carbonyl (C=O) groups is 1. The molecule has 0 aliphatic carbocycles. The molecule has 0 fully saturated rings. The van der Waals surface area contributed by atoms with Crippen LogP contribution < -0.4 is 19.8 Å². The number of hydrogen-bond donors (Lipinski definition) is 0. The number of thiazole rings is 1. The van der Waals surface area contributed by atoms with Gasteiger partial charge in [0, 0.05) is 31.9 Å². The molecule has 0 saturated carbocycles. The summed E-state index contributed by atoms with van der Waals surface area (Å²) in [6.07, 6.45) is 1.60. The minimum Gasteiger partial charge on any atom is -0.463 e. The minimum absolute atomic E-state index is 0.0641. The van der Waals surface area contributed by atoms with Crippen molar-refractivity contribution < 1.29 is 14.5 Å². The lowest BCUT2D eigenvalue weighted by Gasteiger charge is -2.25. The van der Waals surface area contributed by atoms with E-state index in [1.807, 2.05) is 43.3 Å². The van der Waals surface area contributed by atoms with Crippen molar-refractivity contribution in [3.8, 4) is 0 Å². The van der Waals surface area contributed by atoms with Crippen molar-refractivity contribution in [1.29, 1.82) is 0 Å². The van der Waals surface area contributed by atoms with Gasteiger partial charge in [-0.3, -0.25) is 19.5 Å². The lowest BCUT2D eigenvalue weighted by molar-refractivity contribution is -0.384. The first-order valence-corrected chi connectivity index (χ1v) is 11.7. The first-order chi connectivity index (χ1) is 16.7. The molecule has 0 radical (unpaired) electrons. The average molecular weight is 493 g/mol. The van der Waals surface area contributed by atoms with E-state index in [9.17, 15) is 19.7 Å². The van der Waals surface area contributed by atoms with Crippen molar-refractivity contribution in [3.05, 3.63) is 101 Å². The second-order valence-corrected chi connectivity index (χ2v) is 9.15. The van der Waals surface area contributed by atoms with E-state index in [-0.39, 0.29) is 17.9 Å². The van der Waals surface area contributed by atoms with Crippen LogP contribution in [0, 0.1) is 10.1 Å². The maximum atomic E-state index is 13.6. The lowest BCUT2D eigenvalue weighted by Crippen LogP contribution is -2.39. The monoisotopic (exact) mass is 492 g/mol. The number of fused-ring (bicyclic) bond motifs is 1. The number of benzene rings is 2. The second kappa shape index (κ2) is 9.67. The number of hydrogen-bond acceptors (Lipinski definition) is 8. The van der Waals surface area contributed by atoms with Crippen molar-refractivity contribution in [1.82, 2.24) is 4.57 Å². The number of carbonyl (C=O) groups excluding carboxylic acids is 1. The quantitative estimate of drug-likeness (QED) is 0.298. The van der Waals surface area contributed by atoms with Gasteiger partial charge >= 0.3 is 5.97 Å². The number of anilines is 1. The molecule has 3 aromatic rings. The van der Waals surface area contributed by atoms with Crippen molar-refractivity contribution in [3.63, 3.8) is 0 Å². The van der Waals surface area contributed by atoms with Gasteiger partial charge in [0.1, 0.15) is 0 Å². The van der Waals surface area contributed by atoms with Gasteiger partial charge in [-0.1, -0.05) is 35.6 Å². The number of nitro groups is 1. The lowest BCUT2D eigenvalue weighted by atomic mass is 9.95. The van der Waals surface area contributed by atoms with Gasteiger partial charge in [0.2, 0.25) is 0 Å². The summed E-state index contributed by atoms with van der Waals surface area (Å²) in [4.78, 5) is 44.2. The molecule has 0 saturated heterocycles. The number of aromatic nitrogens is 1. The Bertz CT molecular complexity index is 1520. The summed E-state index contributed by atoms with van der Waals surface area (Å²) in [5.41, 5.74) is 2.63. The van der Waals surface area contributed by atoms with Gasteiger partial charge in [0.15, 0.2) is 4.80 Å². The minimum atomic E-state index is -0.714. The van der Waals surface area contributed by atoms with E-state index in [1.165, 1.54) is 28.0 Å². The summed E-state index contributed by atoms with van der Waals surface area (Å²) >= 11 is 1.17. The van der Waals surface area contributed by atoms with Gasteiger partial charge in [-0.15, -0.1) is 0 Å². The zero-order valence-electron chi connectivity index (χ0n) is 19.7. The molecule has 35 heavy (non-hydrogen) atoms. The van der Waals surface area contributed by atoms with Crippen molar-refractivity contribution in [2.75, 3.05) is 25.6 Å². The first kappa shape index (κ1) is 24.1. The van der Waals surface area contributed by atoms with Gasteiger partial charge in [-0.25, -0.2) is 9.79 Å². The Hall–Kier alpha value is -4.05. The largest absolute Gasteiger partial charge is 0.463 e. The number of nitrogens with zero attached hydrogens (tertiary/aromatic N) is 4. The predicted octanol–water partition coefficient (Wildman–Crippen LogP) is 2.77. The predicted molar refractivity (Wildman–Crippen MR) is 134 cm³/mol. The zero-order valence-corrected chi connectivity index (χ0v) is 20.5. The fourth-order valence-electron chi connectivity index (χ4n) is 3.94. The summed E-state index contributed by atoms with van der Waals surface area (Å²) < 4.78 is 7.17. The Labute approximate surface area is 205 Å². The Morgan fingerprint density at radius 2 is 1.97 bits per heavy atom. The number of ether oxygens (including phenoxy) is 1. The molecule has 0 bridgehead atoms. The van der Waals surface area contributed by atoms with Crippen LogP contribution in [0.15, 0.2) is 69.6 Å². The molecule has 1 aromatic heterocycles. The van der Waals surface area contributed by atoms with E-state index in [0.717, 1.165) is 11.3 Å². The molecule has 0 spiro atoms. The van der Waals surface area contributed by atoms with Crippen molar-refractivity contribution in [2.24, 2.45) is 4.99 Å². The van der Waals surface area contributed by atoms with Gasteiger partial charge in [-0.2, -0.15) is 0 Å². The number of nitro benzene ring substituents is 1. The van der Waals surface area contributed by atoms with E-state index < -0.39 is 16.9 Å². The normalized spacial score (nSPS) is 15.4. The molecule has 2 aromatic carbocycles. The summed E-state index contributed by atoms with van der Waals surface area (Å²) in [5, 5.41) is 11.1. The number of allylic oxidation sites excluding steroid dienone is 1. The summed E-state index contributed by atoms with van der Waals surface area (Å²) in [7, 11) is 3.86. The molecule has 0 unspecified atom stereocenters. The standard InChI is InChI=1S/C25H24N4O5S/c1-5-34-24(31)21-15(2)26-25-28(22(21)17-9-11-18(12-10-17)27(3)4)23(30)20(35-25)14-16-7-6-8-19(13-16)29(32)33/h6-14,22H,5H2,1-4H3/t22-/m0/s1.